The first kappa shape index (κ1) is 24.5. The predicted octanol–water partition coefficient (Wildman–Crippen LogP) is 4.84. The van der Waals surface area contributed by atoms with Crippen molar-refractivity contribution in [3.63, 3.8) is 0 Å². The Labute approximate surface area is 206 Å². The van der Waals surface area contributed by atoms with Crippen LogP contribution in [-0.4, -0.2) is 43.0 Å². The van der Waals surface area contributed by atoms with E-state index in [1.54, 1.807) is 60.7 Å². The summed E-state index contributed by atoms with van der Waals surface area (Å²) in [6.45, 7) is -0.114. The molecule has 0 saturated heterocycles. The van der Waals surface area contributed by atoms with Crippen LogP contribution in [0.15, 0.2) is 72.8 Å². The van der Waals surface area contributed by atoms with Gasteiger partial charge in [-0.1, -0.05) is 42.5 Å². The topological polar surface area (TPSA) is 88.9 Å². The molecule has 0 aliphatic heterocycles. The van der Waals surface area contributed by atoms with E-state index in [0.717, 1.165) is 0 Å². The summed E-state index contributed by atoms with van der Waals surface area (Å²) >= 11 is 0. The maximum atomic E-state index is 14.2. The van der Waals surface area contributed by atoms with Crippen LogP contribution < -0.4 is 9.47 Å². The van der Waals surface area contributed by atoms with E-state index in [2.05, 4.69) is 5.10 Å². The molecular formula is C27H23FN2O6. The van der Waals surface area contributed by atoms with Crippen LogP contribution >= 0.6 is 0 Å². The second kappa shape index (κ2) is 10.7. The van der Waals surface area contributed by atoms with Gasteiger partial charge in [0.2, 0.25) is 0 Å². The summed E-state index contributed by atoms with van der Waals surface area (Å²) in [4.78, 5) is 25.8. The number of para-hydroxylation sites is 2. The predicted molar refractivity (Wildman–Crippen MR) is 129 cm³/mol. The zero-order valence-electron chi connectivity index (χ0n) is 19.9. The second-order valence-electron chi connectivity index (χ2n) is 7.52. The lowest BCUT2D eigenvalue weighted by molar-refractivity contribution is 0.0549. The van der Waals surface area contributed by atoms with Gasteiger partial charge in [-0.3, -0.25) is 0 Å². The van der Waals surface area contributed by atoms with E-state index >= 15 is 0 Å². The molecule has 0 fully saturated rings. The molecule has 0 radical (unpaired) electrons. The number of nitrogens with zero attached hydrogens (tertiary/aromatic N) is 2. The van der Waals surface area contributed by atoms with Crippen molar-refractivity contribution in [1.29, 1.82) is 0 Å². The largest absolute Gasteiger partial charge is 0.493 e. The minimum absolute atomic E-state index is 0.105. The number of benzene rings is 3. The van der Waals surface area contributed by atoms with Gasteiger partial charge in [0.1, 0.15) is 23.7 Å². The standard InChI is InChI=1S/C27H23FN2O6/c1-33-21-15-9-13-19(25(21)36-16-17-10-7-8-14-20(17)28)23-22(26(31)34-2)24(27(32)35-3)30(29-23)18-11-5-4-6-12-18/h4-15H,16H2,1-3H3. The van der Waals surface area contributed by atoms with Crippen molar-refractivity contribution in [3.05, 3.63) is 95.4 Å². The summed E-state index contributed by atoms with van der Waals surface area (Å²) in [6.07, 6.45) is 0. The molecule has 1 aromatic heterocycles. The van der Waals surface area contributed by atoms with E-state index in [1.165, 1.54) is 32.1 Å². The smallest absolute Gasteiger partial charge is 0.357 e. The average Bonchev–Trinajstić information content (AvgIpc) is 3.32. The molecule has 8 nitrogen and oxygen atoms in total. The summed E-state index contributed by atoms with van der Waals surface area (Å²) < 4.78 is 37.0. The first-order valence-electron chi connectivity index (χ1n) is 10.9. The van der Waals surface area contributed by atoms with Crippen LogP contribution in [0.2, 0.25) is 0 Å². The van der Waals surface area contributed by atoms with Gasteiger partial charge in [-0.15, -0.1) is 0 Å². The van der Waals surface area contributed by atoms with Crippen LogP contribution in [0.1, 0.15) is 26.4 Å². The summed E-state index contributed by atoms with van der Waals surface area (Å²) in [6, 6.07) is 20.0. The van der Waals surface area contributed by atoms with E-state index in [1.807, 2.05) is 6.07 Å². The van der Waals surface area contributed by atoms with Gasteiger partial charge in [0.15, 0.2) is 17.2 Å². The van der Waals surface area contributed by atoms with Gasteiger partial charge in [0.05, 0.1) is 27.0 Å². The molecule has 0 aliphatic carbocycles. The summed E-state index contributed by atoms with van der Waals surface area (Å²) in [5.74, 6) is -1.47. The summed E-state index contributed by atoms with van der Waals surface area (Å²) in [7, 11) is 3.87. The van der Waals surface area contributed by atoms with Crippen molar-refractivity contribution >= 4 is 11.9 Å². The maximum absolute atomic E-state index is 14.2. The van der Waals surface area contributed by atoms with Crippen LogP contribution in [0.3, 0.4) is 0 Å². The molecule has 3 aromatic carbocycles. The normalized spacial score (nSPS) is 10.6. The number of halogens is 1. The Morgan fingerprint density at radius 1 is 0.861 bits per heavy atom. The molecule has 0 unspecified atom stereocenters. The SMILES string of the molecule is COC(=O)c1c(-c2cccc(OC)c2OCc2ccccc2F)nn(-c2ccccc2)c1C(=O)OC. The Hall–Kier alpha value is -4.66. The molecule has 0 saturated carbocycles. The fourth-order valence-corrected chi connectivity index (χ4v) is 3.72. The lowest BCUT2D eigenvalue weighted by atomic mass is 10.0. The minimum Gasteiger partial charge on any atom is -0.493 e. The molecule has 184 valence electrons. The maximum Gasteiger partial charge on any atom is 0.357 e. The van der Waals surface area contributed by atoms with E-state index < -0.39 is 17.8 Å². The van der Waals surface area contributed by atoms with Gasteiger partial charge in [0, 0.05) is 11.1 Å². The number of hydrogen-bond donors (Lipinski definition) is 0. The first-order chi connectivity index (χ1) is 17.5. The number of hydrogen-bond acceptors (Lipinski definition) is 7. The minimum atomic E-state index is -0.796. The average molecular weight is 490 g/mol. The van der Waals surface area contributed by atoms with Crippen molar-refractivity contribution in [2.75, 3.05) is 21.3 Å². The molecule has 36 heavy (non-hydrogen) atoms. The van der Waals surface area contributed by atoms with Gasteiger partial charge in [-0.2, -0.15) is 5.10 Å². The van der Waals surface area contributed by atoms with Crippen molar-refractivity contribution < 1.29 is 32.9 Å². The van der Waals surface area contributed by atoms with Crippen molar-refractivity contribution in [2.45, 2.75) is 6.61 Å². The zero-order chi connectivity index (χ0) is 25.7. The third-order valence-electron chi connectivity index (χ3n) is 5.44. The van der Waals surface area contributed by atoms with Crippen LogP contribution in [0.25, 0.3) is 16.9 Å². The van der Waals surface area contributed by atoms with E-state index in [0.29, 0.717) is 22.6 Å². The van der Waals surface area contributed by atoms with E-state index in [4.69, 9.17) is 18.9 Å². The highest BCUT2D eigenvalue weighted by atomic mass is 19.1. The molecule has 4 aromatic rings. The first-order valence-corrected chi connectivity index (χ1v) is 10.9. The van der Waals surface area contributed by atoms with Crippen LogP contribution in [-0.2, 0) is 16.1 Å². The molecule has 1 heterocycles. The van der Waals surface area contributed by atoms with Crippen molar-refractivity contribution in [3.8, 4) is 28.4 Å². The third kappa shape index (κ3) is 4.63. The van der Waals surface area contributed by atoms with Crippen LogP contribution in [0.5, 0.6) is 11.5 Å². The fourth-order valence-electron chi connectivity index (χ4n) is 3.72. The Balaban J connectivity index is 1.95. The Bertz CT molecular complexity index is 1400. The van der Waals surface area contributed by atoms with Crippen LogP contribution in [0, 0.1) is 5.82 Å². The quantitative estimate of drug-likeness (QED) is 0.327. The number of esters is 2. The molecule has 4 rings (SSSR count). The molecule has 0 spiro atoms. The monoisotopic (exact) mass is 490 g/mol. The molecule has 0 amide bonds. The zero-order valence-corrected chi connectivity index (χ0v) is 19.9. The molecule has 0 bridgehead atoms. The number of aromatic nitrogens is 2. The Morgan fingerprint density at radius 2 is 1.56 bits per heavy atom. The molecular weight excluding hydrogens is 467 g/mol. The van der Waals surface area contributed by atoms with Gasteiger partial charge in [-0.25, -0.2) is 18.7 Å². The molecule has 0 aliphatic rings. The number of methoxy groups -OCH3 is 3. The van der Waals surface area contributed by atoms with Crippen molar-refractivity contribution in [2.24, 2.45) is 0 Å². The number of ether oxygens (including phenoxy) is 4. The van der Waals surface area contributed by atoms with Crippen molar-refractivity contribution in [1.82, 2.24) is 9.78 Å². The summed E-state index contributed by atoms with van der Waals surface area (Å²) in [5.41, 5.74) is 1.06. The van der Waals surface area contributed by atoms with Gasteiger partial charge < -0.3 is 18.9 Å². The van der Waals surface area contributed by atoms with E-state index in [9.17, 15) is 14.0 Å². The number of rotatable bonds is 8. The number of carbonyl (C=O) groups excluding carboxylic acids is 2. The summed E-state index contributed by atoms with van der Waals surface area (Å²) in [5, 5.41) is 4.60. The highest BCUT2D eigenvalue weighted by Gasteiger charge is 2.33. The molecule has 0 N–H and O–H groups in total. The lowest BCUT2D eigenvalue weighted by Crippen LogP contribution is -2.15. The van der Waals surface area contributed by atoms with E-state index in [-0.39, 0.29) is 29.3 Å². The highest BCUT2D eigenvalue weighted by Crippen LogP contribution is 2.41. The number of carbonyl (C=O) groups is 2. The third-order valence-corrected chi connectivity index (χ3v) is 5.44. The Kier molecular flexibility index (Phi) is 7.29. The lowest BCUT2D eigenvalue weighted by Gasteiger charge is -2.15. The van der Waals surface area contributed by atoms with Crippen LogP contribution in [0.4, 0.5) is 4.39 Å². The second-order valence-corrected chi connectivity index (χ2v) is 7.52. The Morgan fingerprint density at radius 3 is 2.22 bits per heavy atom. The molecule has 9 heteroatoms. The van der Waals surface area contributed by atoms with Gasteiger partial charge in [0.25, 0.3) is 0 Å². The highest BCUT2D eigenvalue weighted by molar-refractivity contribution is 6.07. The molecule has 0 atom stereocenters. The van der Waals surface area contributed by atoms with Gasteiger partial charge >= 0.3 is 11.9 Å². The van der Waals surface area contributed by atoms with Gasteiger partial charge in [-0.05, 0) is 30.3 Å². The fraction of sp³-hybridized carbons (Fsp3) is 0.148.